The first kappa shape index (κ1) is 18.1. The number of rotatable bonds is 7. The number of anilines is 1. The molecule has 0 atom stereocenters. The number of benzene rings is 1. The fraction of sp³-hybridized carbons (Fsp3) is 0.235. The van der Waals surface area contributed by atoms with Crippen molar-refractivity contribution in [2.45, 2.75) is 13.5 Å². The summed E-state index contributed by atoms with van der Waals surface area (Å²) in [6.45, 7) is 2.48. The van der Waals surface area contributed by atoms with Crippen molar-refractivity contribution in [2.75, 3.05) is 18.4 Å². The van der Waals surface area contributed by atoms with Crippen molar-refractivity contribution in [1.29, 1.82) is 0 Å². The molecule has 0 saturated carbocycles. The Balaban J connectivity index is 1.72. The number of hydrogen-bond acceptors (Lipinski definition) is 4. The molecule has 8 heteroatoms. The SMILES string of the molecule is CCNC(=O)c1ccc(NC(=O)NCC(=O)NCc2ccco2)cc1. The van der Waals surface area contributed by atoms with Gasteiger partial charge in [-0.25, -0.2) is 4.79 Å². The lowest BCUT2D eigenvalue weighted by atomic mass is 10.2. The van der Waals surface area contributed by atoms with Crippen molar-refractivity contribution in [3.63, 3.8) is 0 Å². The van der Waals surface area contributed by atoms with Crippen LogP contribution in [0.1, 0.15) is 23.0 Å². The molecule has 8 nitrogen and oxygen atoms in total. The van der Waals surface area contributed by atoms with E-state index in [0.29, 0.717) is 23.6 Å². The van der Waals surface area contributed by atoms with E-state index in [4.69, 9.17) is 4.42 Å². The van der Waals surface area contributed by atoms with Gasteiger partial charge in [-0.3, -0.25) is 9.59 Å². The van der Waals surface area contributed by atoms with Crippen LogP contribution in [0.3, 0.4) is 0 Å². The molecule has 4 N–H and O–H groups in total. The van der Waals surface area contributed by atoms with Crippen LogP contribution in [-0.2, 0) is 11.3 Å². The Kier molecular flexibility index (Phi) is 6.58. The Hall–Kier alpha value is -3.29. The fourth-order valence-electron chi connectivity index (χ4n) is 1.96. The van der Waals surface area contributed by atoms with Gasteiger partial charge in [0.15, 0.2) is 0 Å². The summed E-state index contributed by atoms with van der Waals surface area (Å²) in [5.74, 6) is 0.120. The summed E-state index contributed by atoms with van der Waals surface area (Å²) in [5.41, 5.74) is 1.02. The van der Waals surface area contributed by atoms with Gasteiger partial charge in [0.2, 0.25) is 5.91 Å². The Labute approximate surface area is 145 Å². The number of urea groups is 1. The van der Waals surface area contributed by atoms with Crippen LogP contribution in [0.5, 0.6) is 0 Å². The Bertz CT molecular complexity index is 711. The quantitative estimate of drug-likeness (QED) is 0.609. The molecule has 0 bridgehead atoms. The van der Waals surface area contributed by atoms with Crippen LogP contribution in [0.4, 0.5) is 10.5 Å². The molecule has 1 heterocycles. The van der Waals surface area contributed by atoms with Crippen molar-refractivity contribution in [2.24, 2.45) is 0 Å². The second-order valence-corrected chi connectivity index (χ2v) is 5.10. The van der Waals surface area contributed by atoms with Crippen LogP contribution in [0.2, 0.25) is 0 Å². The average Bonchev–Trinajstić information content (AvgIpc) is 3.12. The standard InChI is InChI=1S/C17H20N4O4/c1-2-18-16(23)12-5-7-13(8-6-12)21-17(24)20-11-15(22)19-10-14-4-3-9-25-14/h3-9H,2,10-11H2,1H3,(H,18,23)(H,19,22)(H2,20,21,24). The monoisotopic (exact) mass is 344 g/mol. The van der Waals surface area contributed by atoms with Crippen molar-refractivity contribution in [3.05, 3.63) is 54.0 Å². The minimum absolute atomic E-state index is 0.163. The molecular formula is C17H20N4O4. The van der Waals surface area contributed by atoms with Gasteiger partial charge < -0.3 is 25.7 Å². The first-order valence-corrected chi connectivity index (χ1v) is 7.80. The Morgan fingerprint density at radius 3 is 2.40 bits per heavy atom. The van der Waals surface area contributed by atoms with E-state index >= 15 is 0 Å². The summed E-state index contributed by atoms with van der Waals surface area (Å²) in [6.07, 6.45) is 1.52. The summed E-state index contributed by atoms with van der Waals surface area (Å²) < 4.78 is 5.09. The molecule has 0 saturated heterocycles. The molecule has 132 valence electrons. The maximum Gasteiger partial charge on any atom is 0.319 e. The maximum atomic E-state index is 11.8. The van der Waals surface area contributed by atoms with Crippen molar-refractivity contribution in [1.82, 2.24) is 16.0 Å². The van der Waals surface area contributed by atoms with E-state index in [-0.39, 0.29) is 24.9 Å². The van der Waals surface area contributed by atoms with Gasteiger partial charge in [-0.2, -0.15) is 0 Å². The molecule has 2 aromatic rings. The number of carbonyl (C=O) groups is 3. The predicted octanol–water partition coefficient (Wildman–Crippen LogP) is 1.47. The highest BCUT2D eigenvalue weighted by Crippen LogP contribution is 2.09. The van der Waals surface area contributed by atoms with E-state index in [1.165, 1.54) is 6.26 Å². The summed E-state index contributed by atoms with van der Waals surface area (Å²) >= 11 is 0. The minimum Gasteiger partial charge on any atom is -0.467 e. The van der Waals surface area contributed by atoms with Gasteiger partial charge in [-0.1, -0.05) is 0 Å². The number of amides is 4. The summed E-state index contributed by atoms with van der Waals surface area (Å²) in [5, 5.41) is 10.3. The number of carbonyl (C=O) groups excluding carboxylic acids is 3. The second kappa shape index (κ2) is 9.11. The Morgan fingerprint density at radius 1 is 1.00 bits per heavy atom. The molecule has 1 aromatic carbocycles. The summed E-state index contributed by atoms with van der Waals surface area (Å²) in [6, 6.07) is 9.39. The molecule has 25 heavy (non-hydrogen) atoms. The molecule has 0 aliphatic heterocycles. The van der Waals surface area contributed by atoms with Crippen LogP contribution in [0, 0.1) is 0 Å². The second-order valence-electron chi connectivity index (χ2n) is 5.10. The number of furan rings is 1. The molecule has 0 radical (unpaired) electrons. The molecule has 4 amide bonds. The van der Waals surface area contributed by atoms with Crippen LogP contribution >= 0.6 is 0 Å². The van der Waals surface area contributed by atoms with Crippen molar-refractivity contribution in [3.8, 4) is 0 Å². The summed E-state index contributed by atoms with van der Waals surface area (Å²) in [7, 11) is 0. The van der Waals surface area contributed by atoms with E-state index in [9.17, 15) is 14.4 Å². The third-order valence-electron chi connectivity index (χ3n) is 3.19. The normalized spacial score (nSPS) is 9.96. The Morgan fingerprint density at radius 2 is 1.76 bits per heavy atom. The summed E-state index contributed by atoms with van der Waals surface area (Å²) in [4.78, 5) is 35.0. The van der Waals surface area contributed by atoms with Crippen LogP contribution < -0.4 is 21.3 Å². The topological polar surface area (TPSA) is 112 Å². The minimum atomic E-state index is -0.515. The largest absolute Gasteiger partial charge is 0.467 e. The lowest BCUT2D eigenvalue weighted by molar-refractivity contribution is -0.120. The fourth-order valence-corrected chi connectivity index (χ4v) is 1.96. The third-order valence-corrected chi connectivity index (χ3v) is 3.19. The van der Waals surface area contributed by atoms with Crippen molar-refractivity contribution < 1.29 is 18.8 Å². The zero-order valence-electron chi connectivity index (χ0n) is 13.8. The predicted molar refractivity (Wildman–Crippen MR) is 92.0 cm³/mol. The third kappa shape index (κ3) is 6.02. The highest BCUT2D eigenvalue weighted by Gasteiger charge is 2.07. The zero-order valence-corrected chi connectivity index (χ0v) is 13.8. The van der Waals surface area contributed by atoms with Gasteiger partial charge in [-0.05, 0) is 43.3 Å². The van der Waals surface area contributed by atoms with Crippen LogP contribution in [-0.4, -0.2) is 30.9 Å². The first-order chi connectivity index (χ1) is 12.1. The van der Waals surface area contributed by atoms with Crippen LogP contribution in [0.25, 0.3) is 0 Å². The van der Waals surface area contributed by atoms with E-state index in [0.717, 1.165) is 0 Å². The maximum absolute atomic E-state index is 11.8. The van der Waals surface area contributed by atoms with Gasteiger partial charge in [0.25, 0.3) is 5.91 Å². The van der Waals surface area contributed by atoms with Gasteiger partial charge in [0.1, 0.15) is 5.76 Å². The number of hydrogen-bond donors (Lipinski definition) is 4. The molecule has 0 aliphatic carbocycles. The van der Waals surface area contributed by atoms with E-state index in [1.807, 2.05) is 6.92 Å². The zero-order chi connectivity index (χ0) is 18.1. The molecule has 1 aromatic heterocycles. The molecular weight excluding hydrogens is 324 g/mol. The molecule has 2 rings (SSSR count). The lowest BCUT2D eigenvalue weighted by Crippen LogP contribution is -2.38. The smallest absolute Gasteiger partial charge is 0.319 e. The first-order valence-electron chi connectivity index (χ1n) is 7.80. The van der Waals surface area contributed by atoms with Gasteiger partial charge in [0, 0.05) is 17.8 Å². The molecule has 0 aliphatic rings. The van der Waals surface area contributed by atoms with Crippen molar-refractivity contribution >= 4 is 23.5 Å². The molecule has 0 unspecified atom stereocenters. The van der Waals surface area contributed by atoms with Gasteiger partial charge >= 0.3 is 6.03 Å². The van der Waals surface area contributed by atoms with E-state index in [1.54, 1.807) is 36.4 Å². The number of nitrogens with one attached hydrogen (secondary N) is 4. The highest BCUT2D eigenvalue weighted by atomic mass is 16.3. The van der Waals surface area contributed by atoms with E-state index in [2.05, 4.69) is 21.3 Å². The highest BCUT2D eigenvalue weighted by molar-refractivity contribution is 5.96. The van der Waals surface area contributed by atoms with E-state index < -0.39 is 6.03 Å². The van der Waals surface area contributed by atoms with Gasteiger partial charge in [-0.15, -0.1) is 0 Å². The average molecular weight is 344 g/mol. The van der Waals surface area contributed by atoms with Crippen LogP contribution in [0.15, 0.2) is 47.1 Å². The molecule has 0 spiro atoms. The molecule has 0 fully saturated rings. The lowest BCUT2D eigenvalue weighted by Gasteiger charge is -2.08. The van der Waals surface area contributed by atoms with Gasteiger partial charge in [0.05, 0.1) is 19.4 Å².